The SMILES string of the molecule is CN(C)C1CCN(c2ccc(-c3coc4cc(-c5ccc(Cl)cc5Cl)ccc4c3=O)cn2)C1. The maximum Gasteiger partial charge on any atom is 0.200 e. The Balaban J connectivity index is 1.44. The Kier molecular flexibility index (Phi) is 5.87. The molecule has 7 heteroatoms. The lowest BCUT2D eigenvalue weighted by Gasteiger charge is -2.21. The largest absolute Gasteiger partial charge is 0.463 e. The molecule has 0 amide bonds. The first-order valence-electron chi connectivity index (χ1n) is 10.8. The van der Waals surface area contributed by atoms with E-state index < -0.39 is 0 Å². The van der Waals surface area contributed by atoms with Crippen LogP contribution in [0.4, 0.5) is 5.82 Å². The van der Waals surface area contributed by atoms with Gasteiger partial charge in [-0.2, -0.15) is 0 Å². The highest BCUT2D eigenvalue weighted by atomic mass is 35.5. The van der Waals surface area contributed by atoms with E-state index in [0.717, 1.165) is 42.0 Å². The Hall–Kier alpha value is -2.86. The molecule has 1 aliphatic heterocycles. The fraction of sp³-hybridized carbons (Fsp3) is 0.231. The van der Waals surface area contributed by atoms with E-state index in [1.54, 1.807) is 24.4 Å². The van der Waals surface area contributed by atoms with Gasteiger partial charge in [-0.15, -0.1) is 0 Å². The molecule has 1 unspecified atom stereocenters. The first-order valence-corrected chi connectivity index (χ1v) is 11.5. The molecule has 0 bridgehead atoms. The van der Waals surface area contributed by atoms with Crippen molar-refractivity contribution in [2.45, 2.75) is 12.5 Å². The highest BCUT2D eigenvalue weighted by molar-refractivity contribution is 6.36. The van der Waals surface area contributed by atoms with Crippen LogP contribution >= 0.6 is 23.2 Å². The quantitative estimate of drug-likeness (QED) is 0.360. The van der Waals surface area contributed by atoms with Gasteiger partial charge in [-0.1, -0.05) is 35.3 Å². The van der Waals surface area contributed by atoms with Crippen molar-refractivity contribution < 1.29 is 4.42 Å². The molecule has 0 aliphatic carbocycles. The summed E-state index contributed by atoms with van der Waals surface area (Å²) in [5, 5.41) is 1.63. The maximum atomic E-state index is 13.2. The molecule has 2 aromatic heterocycles. The van der Waals surface area contributed by atoms with E-state index in [2.05, 4.69) is 28.9 Å². The number of benzene rings is 2. The highest BCUT2D eigenvalue weighted by Crippen LogP contribution is 2.32. The molecule has 2 aromatic carbocycles. The van der Waals surface area contributed by atoms with Crippen LogP contribution in [0, 0.1) is 0 Å². The van der Waals surface area contributed by atoms with Crippen LogP contribution in [-0.4, -0.2) is 43.1 Å². The van der Waals surface area contributed by atoms with Crippen LogP contribution in [-0.2, 0) is 0 Å². The smallest absolute Gasteiger partial charge is 0.200 e. The third-order valence-corrected chi connectivity index (χ3v) is 6.84. The van der Waals surface area contributed by atoms with Crippen molar-refractivity contribution in [1.82, 2.24) is 9.88 Å². The number of rotatable bonds is 4. The van der Waals surface area contributed by atoms with Crippen molar-refractivity contribution in [2.75, 3.05) is 32.1 Å². The van der Waals surface area contributed by atoms with Crippen LogP contribution in [0.2, 0.25) is 10.0 Å². The number of aromatic nitrogens is 1. The van der Waals surface area contributed by atoms with E-state index >= 15 is 0 Å². The van der Waals surface area contributed by atoms with Crippen molar-refractivity contribution >= 4 is 40.0 Å². The lowest BCUT2D eigenvalue weighted by Crippen LogP contribution is -2.31. The third kappa shape index (κ3) is 4.24. The summed E-state index contributed by atoms with van der Waals surface area (Å²) in [4.78, 5) is 22.4. The molecular weight excluding hydrogens is 457 g/mol. The van der Waals surface area contributed by atoms with Crippen LogP contribution in [0.3, 0.4) is 0 Å². The second-order valence-corrected chi connectivity index (χ2v) is 9.41. The number of pyridine rings is 1. The number of hydrogen-bond acceptors (Lipinski definition) is 5. The topological polar surface area (TPSA) is 49.6 Å². The minimum absolute atomic E-state index is 0.0894. The minimum atomic E-state index is -0.0894. The van der Waals surface area contributed by atoms with E-state index in [9.17, 15) is 4.79 Å². The molecule has 1 atom stereocenters. The summed E-state index contributed by atoms with van der Waals surface area (Å²) in [5.41, 5.74) is 3.33. The molecule has 168 valence electrons. The van der Waals surface area contributed by atoms with Crippen molar-refractivity contribution in [1.29, 1.82) is 0 Å². The second-order valence-electron chi connectivity index (χ2n) is 8.57. The van der Waals surface area contributed by atoms with Gasteiger partial charge in [0.05, 0.1) is 10.9 Å². The van der Waals surface area contributed by atoms with E-state index in [4.69, 9.17) is 27.6 Å². The Morgan fingerprint density at radius 1 is 1.03 bits per heavy atom. The van der Waals surface area contributed by atoms with Crippen LogP contribution in [0.1, 0.15) is 6.42 Å². The molecular formula is C26H23Cl2N3O2. The first kappa shape index (κ1) is 22.0. The number of fused-ring (bicyclic) bond motifs is 1. The van der Waals surface area contributed by atoms with E-state index in [1.807, 2.05) is 30.3 Å². The minimum Gasteiger partial charge on any atom is -0.463 e. The Bertz CT molecular complexity index is 1380. The second kappa shape index (κ2) is 8.82. The van der Waals surface area contributed by atoms with Gasteiger partial charge in [-0.3, -0.25) is 4.79 Å². The van der Waals surface area contributed by atoms with Crippen LogP contribution in [0.5, 0.6) is 0 Å². The lowest BCUT2D eigenvalue weighted by molar-refractivity contribution is 0.315. The fourth-order valence-corrected chi connectivity index (χ4v) is 4.84. The monoisotopic (exact) mass is 479 g/mol. The Labute approximate surface area is 202 Å². The zero-order valence-electron chi connectivity index (χ0n) is 18.4. The summed E-state index contributed by atoms with van der Waals surface area (Å²) < 4.78 is 5.86. The van der Waals surface area contributed by atoms with Crippen LogP contribution < -0.4 is 10.3 Å². The van der Waals surface area contributed by atoms with Gasteiger partial charge in [-0.25, -0.2) is 4.98 Å². The first-order chi connectivity index (χ1) is 15.9. The molecule has 1 fully saturated rings. The molecule has 1 saturated heterocycles. The van der Waals surface area contributed by atoms with Crippen molar-refractivity contribution in [3.05, 3.63) is 81.3 Å². The maximum absolute atomic E-state index is 13.2. The van der Waals surface area contributed by atoms with E-state index in [1.165, 1.54) is 6.26 Å². The summed E-state index contributed by atoms with van der Waals surface area (Å²) in [6, 6.07) is 15.2. The molecule has 33 heavy (non-hydrogen) atoms. The summed E-state index contributed by atoms with van der Waals surface area (Å²) >= 11 is 12.4. The van der Waals surface area contributed by atoms with Crippen LogP contribution in [0.15, 0.2) is 70.2 Å². The molecule has 5 nitrogen and oxygen atoms in total. The Morgan fingerprint density at radius 3 is 2.55 bits per heavy atom. The predicted octanol–water partition coefficient (Wildman–Crippen LogP) is 5.97. The summed E-state index contributed by atoms with van der Waals surface area (Å²) in [6.07, 6.45) is 4.37. The Morgan fingerprint density at radius 2 is 1.85 bits per heavy atom. The summed E-state index contributed by atoms with van der Waals surface area (Å²) in [6.45, 7) is 1.94. The zero-order valence-corrected chi connectivity index (χ0v) is 19.9. The predicted molar refractivity (Wildman–Crippen MR) is 135 cm³/mol. The van der Waals surface area contributed by atoms with Gasteiger partial charge in [0.2, 0.25) is 5.43 Å². The lowest BCUT2D eigenvalue weighted by atomic mass is 10.0. The van der Waals surface area contributed by atoms with Crippen molar-refractivity contribution in [2.24, 2.45) is 0 Å². The van der Waals surface area contributed by atoms with Gasteiger partial charge in [0, 0.05) is 46.5 Å². The number of anilines is 1. The van der Waals surface area contributed by atoms with Gasteiger partial charge in [0.1, 0.15) is 17.7 Å². The van der Waals surface area contributed by atoms with E-state index in [0.29, 0.717) is 32.6 Å². The normalized spacial score (nSPS) is 16.2. The van der Waals surface area contributed by atoms with Crippen molar-refractivity contribution in [3.8, 4) is 22.3 Å². The van der Waals surface area contributed by atoms with Crippen LogP contribution in [0.25, 0.3) is 33.2 Å². The number of halogens is 2. The van der Waals surface area contributed by atoms with Gasteiger partial charge in [0.15, 0.2) is 0 Å². The zero-order chi connectivity index (χ0) is 23.1. The average Bonchev–Trinajstić information content (AvgIpc) is 3.30. The van der Waals surface area contributed by atoms with Crippen molar-refractivity contribution in [3.63, 3.8) is 0 Å². The van der Waals surface area contributed by atoms with Gasteiger partial charge in [0.25, 0.3) is 0 Å². The molecule has 5 rings (SSSR count). The van der Waals surface area contributed by atoms with Gasteiger partial charge in [-0.05, 0) is 62.5 Å². The molecule has 0 spiro atoms. The molecule has 0 N–H and O–H groups in total. The molecule has 1 aliphatic rings. The number of hydrogen-bond donors (Lipinski definition) is 0. The van der Waals surface area contributed by atoms with E-state index in [-0.39, 0.29) is 5.43 Å². The average molecular weight is 480 g/mol. The summed E-state index contributed by atoms with van der Waals surface area (Å²) in [7, 11) is 4.22. The standard InChI is InChI=1S/C26H23Cl2N3O2/c1-30(2)19-9-10-31(14-19)25-8-4-17(13-29-25)22-15-33-24-11-16(3-6-21(24)26(22)32)20-7-5-18(27)12-23(20)28/h3-8,11-13,15,19H,9-10,14H2,1-2H3. The number of nitrogens with zero attached hydrogens (tertiary/aromatic N) is 3. The third-order valence-electron chi connectivity index (χ3n) is 6.29. The fourth-order valence-electron chi connectivity index (χ4n) is 4.32. The molecule has 0 radical (unpaired) electrons. The summed E-state index contributed by atoms with van der Waals surface area (Å²) in [5.74, 6) is 0.928. The molecule has 3 heterocycles. The van der Waals surface area contributed by atoms with Gasteiger partial charge < -0.3 is 14.2 Å². The molecule has 0 saturated carbocycles. The van der Waals surface area contributed by atoms with Gasteiger partial charge >= 0.3 is 0 Å². The number of likely N-dealkylation sites (N-methyl/N-ethyl adjacent to an activating group) is 1. The molecule has 4 aromatic rings. The highest BCUT2D eigenvalue weighted by Gasteiger charge is 2.24.